The van der Waals surface area contributed by atoms with Crippen molar-refractivity contribution >= 4 is 0 Å². The van der Waals surface area contributed by atoms with Crippen molar-refractivity contribution in [3.63, 3.8) is 0 Å². The SMILES string of the molecule is O=[N+]([O-])/C=C1\NCCN1Cc1ccc(OC(F)(F)C(F)F)nc1. The van der Waals surface area contributed by atoms with Gasteiger partial charge in [-0.1, -0.05) is 6.07 Å². The van der Waals surface area contributed by atoms with Gasteiger partial charge in [0.05, 0.1) is 4.92 Å². The largest absolute Gasteiger partial charge is 0.462 e. The van der Waals surface area contributed by atoms with Crippen LogP contribution in [0.3, 0.4) is 0 Å². The maximum atomic E-state index is 12.7. The van der Waals surface area contributed by atoms with Crippen LogP contribution < -0.4 is 10.1 Å². The number of hydrogen-bond acceptors (Lipinski definition) is 6. The first kappa shape index (κ1) is 16.8. The van der Waals surface area contributed by atoms with E-state index in [0.29, 0.717) is 24.5 Å². The number of hydrogen-bond donors (Lipinski definition) is 1. The van der Waals surface area contributed by atoms with Crippen LogP contribution in [0.15, 0.2) is 30.4 Å². The van der Waals surface area contributed by atoms with Gasteiger partial charge < -0.3 is 15.0 Å². The Morgan fingerprint density at radius 1 is 1.52 bits per heavy atom. The zero-order chi connectivity index (χ0) is 17.0. The van der Waals surface area contributed by atoms with Gasteiger partial charge in [0, 0.05) is 31.9 Å². The molecule has 1 aromatic heterocycles. The van der Waals surface area contributed by atoms with Crippen molar-refractivity contribution in [3.05, 3.63) is 46.0 Å². The molecule has 0 aromatic carbocycles. The molecule has 23 heavy (non-hydrogen) atoms. The van der Waals surface area contributed by atoms with Gasteiger partial charge in [0.2, 0.25) is 5.88 Å². The van der Waals surface area contributed by atoms with Gasteiger partial charge in [-0.15, -0.1) is 0 Å². The molecule has 1 N–H and O–H groups in total. The lowest BCUT2D eigenvalue weighted by Crippen LogP contribution is -2.33. The Kier molecular flexibility index (Phi) is 4.86. The Labute approximate surface area is 127 Å². The molecule has 0 saturated carbocycles. The van der Waals surface area contributed by atoms with E-state index in [1.165, 1.54) is 12.3 Å². The molecule has 11 heteroatoms. The zero-order valence-corrected chi connectivity index (χ0v) is 11.6. The third kappa shape index (κ3) is 4.44. The molecule has 0 aliphatic carbocycles. The van der Waals surface area contributed by atoms with Crippen LogP contribution in [0.25, 0.3) is 0 Å². The first-order valence-corrected chi connectivity index (χ1v) is 6.42. The maximum absolute atomic E-state index is 12.7. The molecular weight excluding hydrogens is 324 g/mol. The first-order valence-electron chi connectivity index (χ1n) is 6.42. The molecule has 0 bridgehead atoms. The number of ether oxygens (including phenoxy) is 1. The number of aromatic nitrogens is 1. The molecule has 126 valence electrons. The Bertz CT molecular complexity index is 594. The number of nitro groups is 1. The van der Waals surface area contributed by atoms with E-state index < -0.39 is 23.3 Å². The van der Waals surface area contributed by atoms with Crippen LogP contribution in [0.4, 0.5) is 17.6 Å². The lowest BCUT2D eigenvalue weighted by Gasteiger charge is -2.18. The van der Waals surface area contributed by atoms with Crippen LogP contribution in [0.5, 0.6) is 5.88 Å². The number of halogens is 4. The van der Waals surface area contributed by atoms with Gasteiger partial charge in [-0.2, -0.15) is 17.6 Å². The monoisotopic (exact) mass is 336 g/mol. The molecule has 0 unspecified atom stereocenters. The highest BCUT2D eigenvalue weighted by molar-refractivity contribution is 5.19. The minimum atomic E-state index is -4.62. The summed E-state index contributed by atoms with van der Waals surface area (Å²) in [6.07, 6.45) is -6.58. The van der Waals surface area contributed by atoms with Crippen LogP contribution in [0.1, 0.15) is 5.56 Å². The van der Waals surface area contributed by atoms with Crippen LogP contribution in [0.2, 0.25) is 0 Å². The molecule has 0 radical (unpaired) electrons. The molecule has 1 saturated heterocycles. The van der Waals surface area contributed by atoms with Crippen molar-refractivity contribution in [2.24, 2.45) is 0 Å². The van der Waals surface area contributed by atoms with Crippen molar-refractivity contribution in [2.45, 2.75) is 19.1 Å². The Morgan fingerprint density at radius 2 is 2.26 bits per heavy atom. The summed E-state index contributed by atoms with van der Waals surface area (Å²) < 4.78 is 53.3. The smallest absolute Gasteiger partial charge is 0.410 e. The summed E-state index contributed by atoms with van der Waals surface area (Å²) in [4.78, 5) is 15.1. The highest BCUT2D eigenvalue weighted by Gasteiger charge is 2.44. The van der Waals surface area contributed by atoms with Gasteiger partial charge >= 0.3 is 12.5 Å². The number of pyridine rings is 1. The van der Waals surface area contributed by atoms with Crippen molar-refractivity contribution in [1.29, 1.82) is 0 Å². The Morgan fingerprint density at radius 3 is 2.83 bits per heavy atom. The topological polar surface area (TPSA) is 80.5 Å². The molecule has 7 nitrogen and oxygen atoms in total. The van der Waals surface area contributed by atoms with E-state index in [-0.39, 0.29) is 6.54 Å². The second-order valence-electron chi connectivity index (χ2n) is 4.62. The van der Waals surface area contributed by atoms with Crippen LogP contribution in [-0.2, 0) is 6.54 Å². The normalized spacial score (nSPS) is 16.7. The van der Waals surface area contributed by atoms with Gasteiger partial charge in [0.1, 0.15) is 0 Å². The fourth-order valence-corrected chi connectivity index (χ4v) is 1.91. The molecule has 1 fully saturated rings. The lowest BCUT2D eigenvalue weighted by molar-refractivity contribution is -0.404. The number of alkyl halides is 4. The van der Waals surface area contributed by atoms with E-state index >= 15 is 0 Å². The predicted octanol–water partition coefficient (Wildman–Crippen LogP) is 1.80. The van der Waals surface area contributed by atoms with E-state index in [1.54, 1.807) is 4.90 Å². The summed E-state index contributed by atoms with van der Waals surface area (Å²) in [5.41, 5.74) is 0.552. The summed E-state index contributed by atoms with van der Waals surface area (Å²) >= 11 is 0. The van der Waals surface area contributed by atoms with Gasteiger partial charge in [0.15, 0.2) is 5.82 Å². The average molecular weight is 336 g/mol. The molecule has 2 rings (SSSR count). The molecule has 1 aliphatic heterocycles. The van der Waals surface area contributed by atoms with E-state index in [9.17, 15) is 27.7 Å². The molecule has 2 heterocycles. The van der Waals surface area contributed by atoms with E-state index in [1.807, 2.05) is 0 Å². The fourth-order valence-electron chi connectivity index (χ4n) is 1.91. The van der Waals surface area contributed by atoms with Crippen molar-refractivity contribution in [3.8, 4) is 5.88 Å². The van der Waals surface area contributed by atoms with Crippen molar-refractivity contribution < 1.29 is 27.2 Å². The number of nitrogens with zero attached hydrogens (tertiary/aromatic N) is 3. The van der Waals surface area contributed by atoms with Crippen LogP contribution >= 0.6 is 0 Å². The highest BCUT2D eigenvalue weighted by Crippen LogP contribution is 2.26. The van der Waals surface area contributed by atoms with Gasteiger partial charge in [-0.3, -0.25) is 10.1 Å². The van der Waals surface area contributed by atoms with Gasteiger partial charge in [-0.05, 0) is 5.56 Å². The zero-order valence-electron chi connectivity index (χ0n) is 11.6. The molecule has 1 aromatic rings. The molecule has 0 amide bonds. The molecule has 0 atom stereocenters. The number of nitrogens with one attached hydrogen (secondary N) is 1. The first-order chi connectivity index (χ1) is 10.8. The summed E-state index contributed by atoms with van der Waals surface area (Å²) in [7, 11) is 0. The van der Waals surface area contributed by atoms with Gasteiger partial charge in [0.25, 0.3) is 6.20 Å². The second kappa shape index (κ2) is 6.67. The van der Waals surface area contributed by atoms with E-state index in [4.69, 9.17) is 0 Å². The quantitative estimate of drug-likeness (QED) is 0.485. The summed E-state index contributed by atoms with van der Waals surface area (Å²) in [5.74, 6) is -0.320. The lowest BCUT2D eigenvalue weighted by atomic mass is 10.2. The third-order valence-electron chi connectivity index (χ3n) is 2.92. The minimum absolute atomic E-state index is 0.241. The highest BCUT2D eigenvalue weighted by atomic mass is 19.3. The Hall–Kier alpha value is -2.59. The standard InChI is InChI=1S/C12H12F4N4O3/c13-11(14)12(15,16)23-10-2-1-8(5-18-10)6-19-4-3-17-9(19)7-20(21)22/h1-2,5,7,11,17H,3-4,6H2/b9-7+. The minimum Gasteiger partial charge on any atom is -0.410 e. The second-order valence-corrected chi connectivity index (χ2v) is 4.62. The molecule has 0 spiro atoms. The van der Waals surface area contributed by atoms with Crippen LogP contribution in [-0.4, -0.2) is 40.4 Å². The fraction of sp³-hybridized carbons (Fsp3) is 0.417. The summed E-state index contributed by atoms with van der Waals surface area (Å²) in [6.45, 7) is 1.28. The summed E-state index contributed by atoms with van der Waals surface area (Å²) in [5, 5.41) is 13.3. The van der Waals surface area contributed by atoms with Crippen molar-refractivity contribution in [1.82, 2.24) is 15.2 Å². The molecule has 1 aliphatic rings. The van der Waals surface area contributed by atoms with E-state index in [0.717, 1.165) is 12.3 Å². The third-order valence-corrected chi connectivity index (χ3v) is 2.92. The van der Waals surface area contributed by atoms with Gasteiger partial charge in [-0.25, -0.2) is 4.98 Å². The predicted molar refractivity (Wildman–Crippen MR) is 69.3 cm³/mol. The average Bonchev–Trinajstić information content (AvgIpc) is 2.87. The van der Waals surface area contributed by atoms with E-state index in [2.05, 4.69) is 15.0 Å². The van der Waals surface area contributed by atoms with Crippen molar-refractivity contribution in [2.75, 3.05) is 13.1 Å². The maximum Gasteiger partial charge on any atom is 0.462 e. The Balaban J connectivity index is 2.02. The summed E-state index contributed by atoms with van der Waals surface area (Å²) in [6, 6.07) is 2.40. The molecular formula is C12H12F4N4O3. The van der Waals surface area contributed by atoms with Crippen LogP contribution in [0, 0.1) is 10.1 Å². The number of rotatable bonds is 6.